The van der Waals surface area contributed by atoms with Crippen LogP contribution in [0.3, 0.4) is 0 Å². The third kappa shape index (κ3) is 4.49. The molecule has 0 atom stereocenters. The monoisotopic (exact) mass is 507 g/mol. The Morgan fingerprint density at radius 1 is 1.19 bits per heavy atom. The van der Waals surface area contributed by atoms with Crippen molar-refractivity contribution < 1.29 is 18.9 Å². The fourth-order valence-corrected chi connectivity index (χ4v) is 3.16. The van der Waals surface area contributed by atoms with Crippen LogP contribution in [0.5, 0.6) is 11.5 Å². The number of phenols is 1. The van der Waals surface area contributed by atoms with E-state index in [4.69, 9.17) is 16.3 Å². The van der Waals surface area contributed by atoms with E-state index in [1.807, 2.05) is 0 Å². The quantitative estimate of drug-likeness (QED) is 0.255. The number of nitrogens with zero attached hydrogens (tertiary/aromatic N) is 5. The summed E-state index contributed by atoms with van der Waals surface area (Å²) in [6, 6.07) is 7.35. The topological polar surface area (TPSA) is 131 Å². The van der Waals surface area contributed by atoms with Crippen LogP contribution in [0.15, 0.2) is 44.5 Å². The lowest BCUT2D eigenvalue weighted by atomic mass is 10.2. The highest BCUT2D eigenvalue weighted by Crippen LogP contribution is 2.32. The van der Waals surface area contributed by atoms with Crippen LogP contribution < -0.4 is 15.5 Å². The van der Waals surface area contributed by atoms with Crippen LogP contribution in [0.25, 0.3) is 11.3 Å². The maximum Gasteiger partial charge on any atom is 0.245 e. The van der Waals surface area contributed by atoms with Gasteiger partial charge in [-0.1, -0.05) is 27.5 Å². The van der Waals surface area contributed by atoms with Crippen LogP contribution in [0.4, 0.5) is 21.7 Å². The van der Waals surface area contributed by atoms with Gasteiger partial charge in [0.2, 0.25) is 11.3 Å². The summed E-state index contributed by atoms with van der Waals surface area (Å²) in [5.41, 5.74) is 3.86. The Hall–Kier alpha value is -3.51. The molecule has 0 aliphatic carbocycles. The Bertz CT molecular complexity index is 1300. The summed E-state index contributed by atoms with van der Waals surface area (Å²) in [6.07, 6.45) is 1.37. The van der Waals surface area contributed by atoms with E-state index in [2.05, 4.69) is 56.7 Å². The molecule has 0 aliphatic rings. The average Bonchev–Trinajstić information content (AvgIpc) is 3.20. The van der Waals surface area contributed by atoms with Gasteiger partial charge in [-0.05, 0) is 40.6 Å². The lowest BCUT2D eigenvalue weighted by Crippen LogP contribution is -2.03. The van der Waals surface area contributed by atoms with Crippen LogP contribution in [0.2, 0.25) is 5.02 Å². The minimum Gasteiger partial charge on any atom is -0.504 e. The smallest absolute Gasteiger partial charge is 0.245 e. The van der Waals surface area contributed by atoms with Gasteiger partial charge in [0.25, 0.3) is 0 Å². The zero-order valence-corrected chi connectivity index (χ0v) is 17.9. The molecule has 0 spiro atoms. The number of nitrogens with one attached hydrogen (secondary N) is 2. The van der Waals surface area contributed by atoms with Crippen molar-refractivity contribution in [1.29, 1.82) is 0 Å². The molecule has 0 saturated carbocycles. The molecule has 2 aromatic carbocycles. The molecule has 2 heterocycles. The highest BCUT2D eigenvalue weighted by molar-refractivity contribution is 9.10. The summed E-state index contributed by atoms with van der Waals surface area (Å²) in [5.74, 6) is 0.0149. The predicted molar refractivity (Wildman–Crippen MR) is 116 cm³/mol. The van der Waals surface area contributed by atoms with Crippen molar-refractivity contribution >= 4 is 62.4 Å². The van der Waals surface area contributed by atoms with Gasteiger partial charge >= 0.3 is 0 Å². The van der Waals surface area contributed by atoms with E-state index in [0.717, 1.165) is 0 Å². The zero-order valence-electron chi connectivity index (χ0n) is 15.6. The van der Waals surface area contributed by atoms with Gasteiger partial charge < -0.3 is 15.2 Å². The van der Waals surface area contributed by atoms with E-state index >= 15 is 0 Å². The van der Waals surface area contributed by atoms with E-state index in [-0.39, 0.29) is 39.5 Å². The van der Waals surface area contributed by atoms with Crippen molar-refractivity contribution in [3.05, 3.63) is 51.2 Å². The highest BCUT2D eigenvalue weighted by Gasteiger charge is 2.14. The van der Waals surface area contributed by atoms with Gasteiger partial charge in [0.1, 0.15) is 5.82 Å². The number of anilines is 3. The lowest BCUT2D eigenvalue weighted by Gasteiger charge is -2.10. The third-order valence-corrected chi connectivity index (χ3v) is 4.71. The third-order valence-electron chi connectivity index (χ3n) is 3.96. The number of halogens is 3. The number of aromatic nitrogens is 4. The predicted octanol–water partition coefficient (Wildman–Crippen LogP) is 4.47. The molecule has 3 N–H and O–H groups in total. The van der Waals surface area contributed by atoms with Gasteiger partial charge in [-0.3, -0.25) is 5.43 Å². The first-order chi connectivity index (χ1) is 14.9. The van der Waals surface area contributed by atoms with Crippen molar-refractivity contribution in [2.24, 2.45) is 5.10 Å². The molecular formula is C18H12BrClFN7O3. The largest absolute Gasteiger partial charge is 0.504 e. The van der Waals surface area contributed by atoms with E-state index in [9.17, 15) is 9.50 Å². The molecule has 2 aromatic heterocycles. The fraction of sp³-hybridized carbons (Fsp3) is 0.0556. The van der Waals surface area contributed by atoms with E-state index < -0.39 is 5.82 Å². The maximum atomic E-state index is 13.4. The van der Waals surface area contributed by atoms with Crippen molar-refractivity contribution in [2.45, 2.75) is 0 Å². The number of methoxy groups -OCH3 is 1. The SMILES string of the molecule is COc1cc(Br)cc(/C=N/Nc2nc3nonc3nc2Nc2ccc(F)c(Cl)c2)c1O. The average molecular weight is 509 g/mol. The van der Waals surface area contributed by atoms with Crippen LogP contribution >= 0.6 is 27.5 Å². The molecule has 4 rings (SSSR count). The normalized spacial score (nSPS) is 11.2. The first-order valence-corrected chi connectivity index (χ1v) is 9.69. The minimum atomic E-state index is -0.554. The van der Waals surface area contributed by atoms with Crippen molar-refractivity contribution in [3.63, 3.8) is 0 Å². The number of hydrogen-bond acceptors (Lipinski definition) is 10. The Kier molecular flexibility index (Phi) is 5.82. The second kappa shape index (κ2) is 8.70. The number of ether oxygens (including phenoxy) is 1. The number of hydrazone groups is 1. The Morgan fingerprint density at radius 3 is 2.65 bits per heavy atom. The summed E-state index contributed by atoms with van der Waals surface area (Å²) < 4.78 is 23.9. The molecule has 0 amide bonds. The first-order valence-electron chi connectivity index (χ1n) is 8.52. The summed E-state index contributed by atoms with van der Waals surface area (Å²) in [5, 5.41) is 24.6. The molecule has 13 heteroatoms. The Morgan fingerprint density at radius 2 is 1.94 bits per heavy atom. The molecule has 0 fully saturated rings. The summed E-state index contributed by atoms with van der Waals surface area (Å²) in [4.78, 5) is 8.53. The minimum absolute atomic E-state index is 0.0613. The number of phenolic OH excluding ortho intramolecular Hbond substituents is 1. The van der Waals surface area contributed by atoms with Gasteiger partial charge in [0.05, 0.1) is 18.3 Å². The van der Waals surface area contributed by atoms with Crippen LogP contribution in [-0.4, -0.2) is 38.7 Å². The number of benzene rings is 2. The van der Waals surface area contributed by atoms with Crippen LogP contribution in [0, 0.1) is 5.82 Å². The van der Waals surface area contributed by atoms with E-state index in [1.54, 1.807) is 12.1 Å². The Balaban J connectivity index is 1.65. The van der Waals surface area contributed by atoms with Crippen molar-refractivity contribution in [1.82, 2.24) is 20.3 Å². The molecule has 0 saturated heterocycles. The number of hydrogen-bond donors (Lipinski definition) is 3. The van der Waals surface area contributed by atoms with Gasteiger partial charge in [0, 0.05) is 15.7 Å². The Labute approximate surface area is 187 Å². The van der Waals surface area contributed by atoms with Gasteiger partial charge in [-0.25, -0.2) is 14.0 Å². The molecule has 0 aliphatic heterocycles. The second-order valence-electron chi connectivity index (χ2n) is 6.00. The lowest BCUT2D eigenvalue weighted by molar-refractivity contribution is 0.314. The standard InChI is InChI=1S/C18H12BrClFN7O3/c1-30-13-5-9(19)4-8(14(13)29)7-22-26-16-15(24-17-18(25-16)28-31-27-17)23-10-2-3-12(21)11(20)6-10/h2-7,29H,1H3,(H,23,24,27)(H,25,26,28)/b22-7+. The van der Waals surface area contributed by atoms with E-state index in [1.165, 1.54) is 31.5 Å². The molecule has 31 heavy (non-hydrogen) atoms. The highest BCUT2D eigenvalue weighted by atomic mass is 79.9. The number of rotatable bonds is 6. The van der Waals surface area contributed by atoms with Gasteiger partial charge in [-0.15, -0.1) is 0 Å². The summed E-state index contributed by atoms with van der Waals surface area (Å²) >= 11 is 9.17. The van der Waals surface area contributed by atoms with Crippen molar-refractivity contribution in [3.8, 4) is 11.5 Å². The molecule has 0 radical (unpaired) electrons. The molecular weight excluding hydrogens is 497 g/mol. The summed E-state index contributed by atoms with van der Waals surface area (Å²) in [6.45, 7) is 0. The second-order valence-corrected chi connectivity index (χ2v) is 7.32. The molecule has 4 aromatic rings. The van der Waals surface area contributed by atoms with Crippen molar-refractivity contribution in [2.75, 3.05) is 17.9 Å². The molecule has 10 nitrogen and oxygen atoms in total. The van der Waals surface area contributed by atoms with Crippen LogP contribution in [0.1, 0.15) is 5.56 Å². The van der Waals surface area contributed by atoms with Gasteiger partial charge in [-0.2, -0.15) is 10.1 Å². The number of fused-ring (bicyclic) bond motifs is 1. The fourth-order valence-electron chi connectivity index (χ4n) is 2.53. The van der Waals surface area contributed by atoms with Crippen LogP contribution in [-0.2, 0) is 0 Å². The molecule has 0 unspecified atom stereocenters. The maximum absolute atomic E-state index is 13.4. The number of aromatic hydroxyl groups is 1. The molecule has 158 valence electrons. The zero-order chi connectivity index (χ0) is 22.0. The van der Waals surface area contributed by atoms with Gasteiger partial charge in [0.15, 0.2) is 23.1 Å². The summed E-state index contributed by atoms with van der Waals surface area (Å²) in [7, 11) is 1.44. The molecule has 0 bridgehead atoms. The first kappa shape index (κ1) is 20.8. The van der Waals surface area contributed by atoms with E-state index in [0.29, 0.717) is 15.7 Å².